The molecule has 0 aromatic heterocycles. The molecule has 29 heavy (non-hydrogen) atoms. The third-order valence-corrected chi connectivity index (χ3v) is 9.84. The van der Waals surface area contributed by atoms with Gasteiger partial charge in [-0.15, -0.1) is 0 Å². The van der Waals surface area contributed by atoms with Crippen LogP contribution in [0, 0.1) is 40.4 Å². The quantitative estimate of drug-likeness (QED) is 0.581. The van der Waals surface area contributed by atoms with Crippen LogP contribution in [0.2, 0.25) is 0 Å². The van der Waals surface area contributed by atoms with Crippen LogP contribution in [0.5, 0.6) is 0 Å². The Bertz CT molecular complexity index is 659. The van der Waals surface area contributed by atoms with Gasteiger partial charge in [-0.1, -0.05) is 26.7 Å². The van der Waals surface area contributed by atoms with Crippen molar-refractivity contribution in [2.24, 2.45) is 40.4 Å². The van der Waals surface area contributed by atoms with Crippen LogP contribution in [0.15, 0.2) is 0 Å². The van der Waals surface area contributed by atoms with E-state index in [-0.39, 0.29) is 35.5 Å². The van der Waals surface area contributed by atoms with Gasteiger partial charge in [-0.25, -0.2) is 0 Å². The lowest BCUT2D eigenvalue weighted by molar-refractivity contribution is -0.163. The molecule has 4 saturated carbocycles. The summed E-state index contributed by atoms with van der Waals surface area (Å²) in [4.78, 5) is 23.6. The second-order valence-corrected chi connectivity index (χ2v) is 11.2. The van der Waals surface area contributed by atoms with Gasteiger partial charge in [0.25, 0.3) is 0 Å². The van der Waals surface area contributed by atoms with E-state index in [0.29, 0.717) is 11.3 Å². The second kappa shape index (κ2) is 7.57. The molecule has 4 aliphatic carbocycles. The highest BCUT2D eigenvalue weighted by atomic mass is 16.6. The van der Waals surface area contributed by atoms with Crippen molar-refractivity contribution >= 4 is 11.9 Å². The SMILES string of the molecule is CC(=O)OC(C)C1[C@H](OC(C)=O)CC2C3CCC4CCCCC4(C)C3CCC21C. The van der Waals surface area contributed by atoms with Gasteiger partial charge < -0.3 is 9.47 Å². The van der Waals surface area contributed by atoms with Gasteiger partial charge in [0.2, 0.25) is 0 Å². The minimum atomic E-state index is -0.241. The smallest absolute Gasteiger partial charge is 0.302 e. The molecule has 8 unspecified atom stereocenters. The number of carbonyl (C=O) groups excluding carboxylic acids is 2. The van der Waals surface area contributed by atoms with Gasteiger partial charge in [0.15, 0.2) is 0 Å². The maximum Gasteiger partial charge on any atom is 0.302 e. The van der Waals surface area contributed by atoms with E-state index in [1.165, 1.54) is 58.8 Å². The third-order valence-electron chi connectivity index (χ3n) is 9.84. The minimum absolute atomic E-state index is 0.0774. The van der Waals surface area contributed by atoms with Crippen LogP contribution in [0.25, 0.3) is 0 Å². The molecule has 0 spiro atoms. The fraction of sp³-hybridized carbons (Fsp3) is 0.920. The van der Waals surface area contributed by atoms with E-state index in [1.54, 1.807) is 0 Å². The molecular formula is C25H40O4. The number of rotatable bonds is 3. The first kappa shape index (κ1) is 21.2. The van der Waals surface area contributed by atoms with E-state index in [4.69, 9.17) is 9.47 Å². The van der Waals surface area contributed by atoms with Crippen molar-refractivity contribution in [3.8, 4) is 0 Å². The second-order valence-electron chi connectivity index (χ2n) is 11.2. The van der Waals surface area contributed by atoms with E-state index >= 15 is 0 Å². The number of hydrogen-bond donors (Lipinski definition) is 0. The van der Waals surface area contributed by atoms with Crippen molar-refractivity contribution in [2.75, 3.05) is 0 Å². The molecule has 0 amide bonds. The summed E-state index contributed by atoms with van der Waals surface area (Å²) in [5.74, 6) is 2.64. The highest BCUT2D eigenvalue weighted by Gasteiger charge is 2.64. The van der Waals surface area contributed by atoms with Crippen molar-refractivity contribution in [3.05, 3.63) is 0 Å². The first-order valence-electron chi connectivity index (χ1n) is 12.0. The van der Waals surface area contributed by atoms with E-state index < -0.39 is 0 Å². The van der Waals surface area contributed by atoms with Crippen LogP contribution >= 0.6 is 0 Å². The molecule has 4 heteroatoms. The highest BCUT2D eigenvalue weighted by Crippen LogP contribution is 2.68. The van der Waals surface area contributed by atoms with Gasteiger partial charge in [0.1, 0.15) is 12.2 Å². The summed E-state index contributed by atoms with van der Waals surface area (Å²) < 4.78 is 11.5. The molecule has 0 aliphatic heterocycles. The molecule has 0 saturated heterocycles. The van der Waals surface area contributed by atoms with Crippen LogP contribution in [-0.2, 0) is 19.1 Å². The summed E-state index contributed by atoms with van der Waals surface area (Å²) in [7, 11) is 0. The normalized spacial score (nSPS) is 47.3. The van der Waals surface area contributed by atoms with Gasteiger partial charge in [0, 0.05) is 19.8 Å². The topological polar surface area (TPSA) is 52.6 Å². The van der Waals surface area contributed by atoms with Gasteiger partial charge >= 0.3 is 11.9 Å². The minimum Gasteiger partial charge on any atom is -0.462 e. The van der Waals surface area contributed by atoms with Crippen LogP contribution in [-0.4, -0.2) is 24.1 Å². The van der Waals surface area contributed by atoms with Crippen molar-refractivity contribution in [1.82, 2.24) is 0 Å². The van der Waals surface area contributed by atoms with Gasteiger partial charge in [0.05, 0.1) is 0 Å². The number of fused-ring (bicyclic) bond motifs is 5. The summed E-state index contributed by atoms with van der Waals surface area (Å²) in [6, 6.07) is 0. The fourth-order valence-corrected chi connectivity index (χ4v) is 8.83. The van der Waals surface area contributed by atoms with Crippen molar-refractivity contribution in [2.45, 2.75) is 105 Å². The Morgan fingerprint density at radius 2 is 1.66 bits per heavy atom. The van der Waals surface area contributed by atoms with Crippen molar-refractivity contribution in [1.29, 1.82) is 0 Å². The molecular weight excluding hydrogens is 364 g/mol. The maximum atomic E-state index is 11.9. The van der Waals surface area contributed by atoms with Crippen LogP contribution in [0.4, 0.5) is 0 Å². The lowest BCUT2D eigenvalue weighted by Gasteiger charge is -2.60. The molecule has 9 atom stereocenters. The van der Waals surface area contributed by atoms with Gasteiger partial charge in [-0.3, -0.25) is 9.59 Å². The predicted molar refractivity (Wildman–Crippen MR) is 112 cm³/mol. The predicted octanol–water partition coefficient (Wildman–Crippen LogP) is 5.53. The number of hydrogen-bond acceptors (Lipinski definition) is 4. The first-order chi connectivity index (χ1) is 13.7. The van der Waals surface area contributed by atoms with E-state index in [0.717, 1.165) is 30.6 Å². The van der Waals surface area contributed by atoms with Crippen molar-refractivity contribution < 1.29 is 19.1 Å². The summed E-state index contributed by atoms with van der Waals surface area (Å²) >= 11 is 0. The zero-order chi connectivity index (χ0) is 21.0. The zero-order valence-corrected chi connectivity index (χ0v) is 19.0. The van der Waals surface area contributed by atoms with Gasteiger partial charge in [-0.05, 0) is 86.4 Å². The third kappa shape index (κ3) is 3.43. The molecule has 0 radical (unpaired) electrons. The number of esters is 2. The summed E-state index contributed by atoms with van der Waals surface area (Å²) in [6.07, 6.45) is 11.3. The van der Waals surface area contributed by atoms with Gasteiger partial charge in [-0.2, -0.15) is 0 Å². The van der Waals surface area contributed by atoms with E-state index in [1.807, 2.05) is 6.92 Å². The zero-order valence-electron chi connectivity index (χ0n) is 19.0. The number of ether oxygens (including phenoxy) is 2. The molecule has 0 aromatic carbocycles. The Labute approximate surface area is 176 Å². The standard InChI is InChI=1S/C25H40O4/c1-15(28-16(2)26)23-22(29-17(3)27)14-21-19-10-9-18-8-6-7-12-24(18,4)20(19)11-13-25(21,23)5/h15,18-23H,6-14H2,1-5H3/t15?,18?,19?,20?,21?,22-,23?,24?,25?/m1/s1. The average Bonchev–Trinajstić information content (AvgIpc) is 2.91. The van der Waals surface area contributed by atoms with Crippen LogP contribution in [0.1, 0.15) is 92.4 Å². The molecule has 0 N–H and O–H groups in total. The molecule has 0 heterocycles. The van der Waals surface area contributed by atoms with E-state index in [9.17, 15) is 9.59 Å². The Morgan fingerprint density at radius 3 is 2.34 bits per heavy atom. The molecule has 0 bridgehead atoms. The van der Waals surface area contributed by atoms with Crippen LogP contribution in [0.3, 0.4) is 0 Å². The molecule has 4 nitrogen and oxygen atoms in total. The first-order valence-corrected chi connectivity index (χ1v) is 12.0. The summed E-state index contributed by atoms with van der Waals surface area (Å²) in [5.41, 5.74) is 0.576. The highest BCUT2D eigenvalue weighted by molar-refractivity contribution is 5.67. The number of carbonyl (C=O) groups is 2. The molecule has 0 aromatic rings. The molecule has 4 fully saturated rings. The summed E-state index contributed by atoms with van der Waals surface area (Å²) in [5, 5.41) is 0. The summed E-state index contributed by atoms with van der Waals surface area (Å²) in [6.45, 7) is 9.98. The molecule has 164 valence electrons. The lowest BCUT2D eigenvalue weighted by atomic mass is 9.45. The monoisotopic (exact) mass is 404 g/mol. The maximum absolute atomic E-state index is 11.9. The lowest BCUT2D eigenvalue weighted by Crippen LogP contribution is -2.53. The average molecular weight is 405 g/mol. The fourth-order valence-electron chi connectivity index (χ4n) is 8.83. The van der Waals surface area contributed by atoms with E-state index in [2.05, 4.69) is 13.8 Å². The van der Waals surface area contributed by atoms with Crippen molar-refractivity contribution in [3.63, 3.8) is 0 Å². The van der Waals surface area contributed by atoms with Crippen LogP contribution < -0.4 is 0 Å². The Kier molecular flexibility index (Phi) is 5.53. The Balaban J connectivity index is 1.64. The Morgan fingerprint density at radius 1 is 0.897 bits per heavy atom. The molecule has 4 aliphatic rings. The molecule has 4 rings (SSSR count). The Hall–Kier alpha value is -1.06. The largest absolute Gasteiger partial charge is 0.462 e.